The highest BCUT2D eigenvalue weighted by molar-refractivity contribution is 7.80. The molecule has 12 nitrogen and oxygen atoms in total. The molecular formula is C47H84N4O8S2. The van der Waals surface area contributed by atoms with Crippen LogP contribution in [0.3, 0.4) is 0 Å². The number of nitrogens with zero attached hydrogens (tertiary/aromatic N) is 4. The average molecular weight is 897 g/mol. The zero-order valence-electron chi connectivity index (χ0n) is 39.4. The van der Waals surface area contributed by atoms with Crippen LogP contribution in [0.1, 0.15) is 222 Å². The summed E-state index contributed by atoms with van der Waals surface area (Å²) in [7, 11) is 0. The summed E-state index contributed by atoms with van der Waals surface area (Å²) in [5.74, 6) is -1.28. The van der Waals surface area contributed by atoms with Gasteiger partial charge in [-0.25, -0.2) is 19.4 Å². The predicted octanol–water partition coefficient (Wildman–Crippen LogP) is 11.3. The van der Waals surface area contributed by atoms with Gasteiger partial charge in [-0.15, -0.1) is 0 Å². The SMILES string of the molecule is CCCCCCCCCCCCCCC(=S)OC(C(C)O)N1C(=O)N(CN2C(=O)N(C(OC(=S)CCCCCCCCCCCCCC)C(C)O)C(=O)C2(C)C)C(C)(C)C1=O. The minimum absolute atomic E-state index is 0.202. The van der Waals surface area contributed by atoms with E-state index in [-0.39, 0.29) is 10.1 Å². The van der Waals surface area contributed by atoms with Gasteiger partial charge in [0.15, 0.2) is 10.1 Å². The van der Waals surface area contributed by atoms with E-state index in [1.165, 1.54) is 139 Å². The molecule has 61 heavy (non-hydrogen) atoms. The molecule has 0 aromatic heterocycles. The topological polar surface area (TPSA) is 140 Å². The Kier molecular flexibility index (Phi) is 25.5. The second-order valence-electron chi connectivity index (χ2n) is 18.6. The first-order chi connectivity index (χ1) is 28.9. The molecule has 0 aromatic rings. The Morgan fingerprint density at radius 1 is 0.492 bits per heavy atom. The molecule has 352 valence electrons. The Balaban J connectivity index is 1.96. The fourth-order valence-electron chi connectivity index (χ4n) is 8.14. The van der Waals surface area contributed by atoms with Crippen molar-refractivity contribution < 1.29 is 38.9 Å². The molecule has 2 saturated heterocycles. The first-order valence-electron chi connectivity index (χ1n) is 24.0. The maximum atomic E-state index is 14.1. The molecule has 2 rings (SSSR count). The highest BCUT2D eigenvalue weighted by Gasteiger charge is 2.60. The van der Waals surface area contributed by atoms with Gasteiger partial charge in [-0.05, 0) is 78.8 Å². The third-order valence-electron chi connectivity index (χ3n) is 12.3. The molecule has 0 aliphatic carbocycles. The number of rotatable bonds is 34. The third-order valence-corrected chi connectivity index (χ3v) is 12.9. The van der Waals surface area contributed by atoms with Gasteiger partial charge in [-0.2, -0.15) is 0 Å². The van der Waals surface area contributed by atoms with Crippen LogP contribution in [0.25, 0.3) is 0 Å². The number of unbranched alkanes of at least 4 members (excludes halogenated alkanes) is 22. The van der Waals surface area contributed by atoms with Gasteiger partial charge in [-0.3, -0.25) is 19.4 Å². The molecule has 2 fully saturated rings. The first kappa shape index (κ1) is 54.7. The fourth-order valence-corrected chi connectivity index (χ4v) is 8.62. The minimum Gasteiger partial charge on any atom is -0.461 e. The van der Waals surface area contributed by atoms with E-state index >= 15 is 0 Å². The molecule has 0 saturated carbocycles. The molecule has 0 bridgehead atoms. The van der Waals surface area contributed by atoms with Gasteiger partial charge in [0.25, 0.3) is 11.8 Å². The number of hydrogen-bond donors (Lipinski definition) is 2. The summed E-state index contributed by atoms with van der Waals surface area (Å²) < 4.78 is 11.9. The Morgan fingerprint density at radius 2 is 0.738 bits per heavy atom. The predicted molar refractivity (Wildman–Crippen MR) is 251 cm³/mol. The summed E-state index contributed by atoms with van der Waals surface area (Å²) in [6.45, 7) is 13.1. The minimum atomic E-state index is -1.48. The van der Waals surface area contributed by atoms with Crippen molar-refractivity contribution in [1.29, 1.82) is 0 Å². The van der Waals surface area contributed by atoms with Crippen LogP contribution in [0.2, 0.25) is 0 Å². The molecule has 14 heteroatoms. The smallest absolute Gasteiger partial charge is 0.332 e. The second kappa shape index (κ2) is 28.4. The lowest BCUT2D eigenvalue weighted by atomic mass is 10.0. The van der Waals surface area contributed by atoms with Crippen molar-refractivity contribution >= 4 is 58.4 Å². The highest BCUT2D eigenvalue weighted by atomic mass is 32.1. The molecule has 0 radical (unpaired) electrons. The molecule has 2 aliphatic rings. The lowest BCUT2D eigenvalue weighted by molar-refractivity contribution is -0.142. The van der Waals surface area contributed by atoms with Crippen LogP contribution in [0, 0.1) is 0 Å². The summed E-state index contributed by atoms with van der Waals surface area (Å²) in [4.78, 5) is 60.2. The van der Waals surface area contributed by atoms with Gasteiger partial charge in [0, 0.05) is 12.8 Å². The number of imide groups is 2. The first-order valence-corrected chi connectivity index (χ1v) is 24.8. The van der Waals surface area contributed by atoms with Crippen molar-refractivity contribution in [1.82, 2.24) is 19.6 Å². The third kappa shape index (κ3) is 17.2. The lowest BCUT2D eigenvalue weighted by Gasteiger charge is -2.36. The van der Waals surface area contributed by atoms with Crippen LogP contribution in [0.5, 0.6) is 0 Å². The van der Waals surface area contributed by atoms with Crippen molar-refractivity contribution in [2.75, 3.05) is 6.67 Å². The number of aliphatic hydroxyl groups excluding tert-OH is 2. The zero-order valence-corrected chi connectivity index (χ0v) is 41.0. The molecule has 0 aromatic carbocycles. The number of hydrogen-bond acceptors (Lipinski definition) is 10. The molecule has 2 heterocycles. The van der Waals surface area contributed by atoms with E-state index < -0.39 is 66.3 Å². The summed E-state index contributed by atoms with van der Waals surface area (Å²) >= 11 is 11.0. The van der Waals surface area contributed by atoms with Crippen LogP contribution < -0.4 is 0 Å². The van der Waals surface area contributed by atoms with E-state index in [0.29, 0.717) is 12.8 Å². The number of carbonyl (C=O) groups excluding carboxylic acids is 4. The van der Waals surface area contributed by atoms with E-state index in [9.17, 15) is 29.4 Å². The van der Waals surface area contributed by atoms with E-state index in [1.807, 2.05) is 0 Å². The van der Waals surface area contributed by atoms with Gasteiger partial charge >= 0.3 is 12.1 Å². The van der Waals surface area contributed by atoms with Crippen LogP contribution in [0.4, 0.5) is 9.59 Å². The Bertz CT molecular complexity index is 1280. The molecule has 0 spiro atoms. The largest absolute Gasteiger partial charge is 0.461 e. The maximum Gasteiger partial charge on any atom is 0.332 e. The van der Waals surface area contributed by atoms with Gasteiger partial charge in [0.2, 0.25) is 12.5 Å². The standard InChI is InChI=1S/C47H84N4O8S2/c1-9-11-13-15-17-19-21-23-25-27-29-31-33-38(60)58-40(36(3)52)50-42(54)46(5,6)48(44(50)56)35-49-45(57)51(43(55)47(49,7)8)41(37(4)53)59-39(61)34-32-30-28-26-24-22-20-18-16-14-12-10-2/h36-37,40-41,52-53H,9-35H2,1-8H3. The van der Waals surface area contributed by atoms with Crippen LogP contribution in [-0.4, -0.2) is 106 Å². The van der Waals surface area contributed by atoms with Crippen LogP contribution in [0.15, 0.2) is 0 Å². The monoisotopic (exact) mass is 897 g/mol. The van der Waals surface area contributed by atoms with E-state index in [2.05, 4.69) is 13.8 Å². The number of amides is 6. The molecule has 4 unspecified atom stereocenters. The number of thiocarbonyl (C=S) groups is 2. The lowest BCUT2D eigenvalue weighted by Crippen LogP contribution is -2.55. The van der Waals surface area contributed by atoms with Crippen molar-refractivity contribution in [3.63, 3.8) is 0 Å². The fraction of sp³-hybridized carbons (Fsp3) is 0.872. The van der Waals surface area contributed by atoms with Crippen molar-refractivity contribution in [3.05, 3.63) is 0 Å². The molecule has 6 amide bonds. The van der Waals surface area contributed by atoms with Gasteiger partial charge in [0.1, 0.15) is 30.0 Å². The van der Waals surface area contributed by atoms with Gasteiger partial charge in [-0.1, -0.05) is 155 Å². The molecule has 4 atom stereocenters. The Morgan fingerprint density at radius 3 is 0.984 bits per heavy atom. The highest BCUT2D eigenvalue weighted by Crippen LogP contribution is 2.36. The Labute approximate surface area is 380 Å². The Hall–Kier alpha value is -2.42. The summed E-state index contributed by atoms with van der Waals surface area (Å²) in [5, 5.41) is 22.0. The van der Waals surface area contributed by atoms with Crippen LogP contribution in [-0.2, 0) is 19.1 Å². The number of aliphatic hydroxyl groups is 2. The maximum absolute atomic E-state index is 14.1. The quantitative estimate of drug-likeness (QED) is 0.0364. The molecule has 2 N–H and O–H groups in total. The normalized spacial score (nSPS) is 18.3. The van der Waals surface area contributed by atoms with E-state index in [0.717, 1.165) is 48.3 Å². The second-order valence-corrected chi connectivity index (χ2v) is 19.5. The zero-order chi connectivity index (χ0) is 45.6. The summed E-state index contributed by atoms with van der Waals surface area (Å²) in [5.41, 5.74) is -2.96. The molecule has 2 aliphatic heterocycles. The van der Waals surface area contributed by atoms with Crippen molar-refractivity contribution in [2.45, 2.75) is 258 Å². The average Bonchev–Trinajstić information content (AvgIpc) is 3.47. The van der Waals surface area contributed by atoms with E-state index in [4.69, 9.17) is 33.9 Å². The summed E-state index contributed by atoms with van der Waals surface area (Å²) in [6.07, 6.45) is 24.3. The summed E-state index contributed by atoms with van der Waals surface area (Å²) in [6, 6.07) is -1.59. The van der Waals surface area contributed by atoms with Gasteiger partial charge < -0.3 is 19.7 Å². The number of ether oxygens (including phenoxy) is 2. The van der Waals surface area contributed by atoms with Gasteiger partial charge in [0.05, 0.1) is 0 Å². The van der Waals surface area contributed by atoms with Crippen molar-refractivity contribution in [3.8, 4) is 0 Å². The van der Waals surface area contributed by atoms with Crippen molar-refractivity contribution in [2.24, 2.45) is 0 Å². The number of urea groups is 2. The van der Waals surface area contributed by atoms with Crippen LogP contribution >= 0.6 is 24.4 Å². The molecular weight excluding hydrogens is 813 g/mol. The van der Waals surface area contributed by atoms with E-state index in [1.54, 1.807) is 27.7 Å². The number of carbonyl (C=O) groups is 4.